The van der Waals surface area contributed by atoms with Crippen LogP contribution in [0.2, 0.25) is 5.02 Å². The summed E-state index contributed by atoms with van der Waals surface area (Å²) in [6.07, 6.45) is 7.80. The number of nitrogens with zero attached hydrogens (tertiary/aromatic N) is 3. The number of carbonyl (C=O) groups is 3. The van der Waals surface area contributed by atoms with Crippen LogP contribution in [0, 0.1) is 5.92 Å². The molecule has 2 fully saturated rings. The number of allylic oxidation sites excluding steroid dienone is 1. The molecule has 3 amide bonds. The fourth-order valence-electron chi connectivity index (χ4n) is 6.50. The molecule has 0 aliphatic carbocycles. The molecule has 0 saturated carbocycles. The van der Waals surface area contributed by atoms with E-state index < -0.39 is 18.0 Å². The highest BCUT2D eigenvalue weighted by atomic mass is 35.5. The van der Waals surface area contributed by atoms with Crippen LogP contribution >= 0.6 is 11.6 Å². The van der Waals surface area contributed by atoms with Gasteiger partial charge >= 0.3 is 0 Å². The molecule has 3 aliphatic heterocycles. The molecular formula is C36H28ClN3O3. The average Bonchev–Trinajstić information content (AvgIpc) is 3.31. The first-order chi connectivity index (χ1) is 21.0. The van der Waals surface area contributed by atoms with E-state index in [1.54, 1.807) is 29.2 Å². The zero-order chi connectivity index (χ0) is 29.5. The number of para-hydroxylation sites is 1. The first-order valence-electron chi connectivity index (χ1n) is 14.3. The Morgan fingerprint density at radius 2 is 1.26 bits per heavy atom. The quantitative estimate of drug-likeness (QED) is 0.197. The number of rotatable bonds is 6. The zero-order valence-electron chi connectivity index (χ0n) is 23.1. The lowest BCUT2D eigenvalue weighted by Gasteiger charge is -2.53. The van der Waals surface area contributed by atoms with Crippen LogP contribution in [0.25, 0.3) is 6.08 Å². The Kier molecular flexibility index (Phi) is 6.92. The first kappa shape index (κ1) is 26.9. The van der Waals surface area contributed by atoms with E-state index in [1.807, 2.05) is 120 Å². The number of halogens is 1. The van der Waals surface area contributed by atoms with Crippen molar-refractivity contribution in [1.82, 2.24) is 4.90 Å². The van der Waals surface area contributed by atoms with Gasteiger partial charge in [-0.3, -0.25) is 14.4 Å². The van der Waals surface area contributed by atoms with Crippen LogP contribution < -0.4 is 9.80 Å². The minimum absolute atomic E-state index is 0.148. The molecule has 7 heteroatoms. The van der Waals surface area contributed by atoms with Crippen LogP contribution in [0.5, 0.6) is 0 Å². The second-order valence-electron chi connectivity index (χ2n) is 10.9. The maximum absolute atomic E-state index is 14.2. The molecule has 3 heterocycles. The Labute approximate surface area is 255 Å². The number of β-lactam (4-membered cyclic amide) rings is 1. The molecule has 0 unspecified atom stereocenters. The summed E-state index contributed by atoms with van der Waals surface area (Å²) in [5.74, 6) is -1.73. The molecule has 0 bridgehead atoms. The van der Waals surface area contributed by atoms with Crippen molar-refractivity contribution in [2.75, 3.05) is 9.80 Å². The molecule has 7 rings (SSSR count). The number of hydrogen-bond acceptors (Lipinski definition) is 4. The second-order valence-corrected chi connectivity index (χ2v) is 11.4. The summed E-state index contributed by atoms with van der Waals surface area (Å²) in [7, 11) is 0. The summed E-state index contributed by atoms with van der Waals surface area (Å²) in [4.78, 5) is 47.2. The minimum atomic E-state index is -0.836. The fraction of sp³-hybridized carbons (Fsp3) is 0.139. The number of hydrogen-bond donors (Lipinski definition) is 0. The highest BCUT2D eigenvalue weighted by molar-refractivity contribution is 6.30. The van der Waals surface area contributed by atoms with Crippen molar-refractivity contribution in [3.05, 3.63) is 150 Å². The van der Waals surface area contributed by atoms with Crippen LogP contribution in [0.4, 0.5) is 11.4 Å². The average molecular weight is 586 g/mol. The number of imide groups is 1. The van der Waals surface area contributed by atoms with E-state index in [-0.39, 0.29) is 29.7 Å². The molecule has 3 aliphatic rings. The number of carbonyl (C=O) groups excluding carboxylic acids is 3. The van der Waals surface area contributed by atoms with Gasteiger partial charge in [0.05, 0.1) is 17.6 Å². The van der Waals surface area contributed by atoms with Gasteiger partial charge in [-0.15, -0.1) is 0 Å². The van der Waals surface area contributed by atoms with Gasteiger partial charge < -0.3 is 9.80 Å². The molecule has 0 spiro atoms. The summed E-state index contributed by atoms with van der Waals surface area (Å²) in [5.41, 5.74) is 3.19. The summed E-state index contributed by atoms with van der Waals surface area (Å²) in [6, 6.07) is 33.9. The maximum Gasteiger partial charge on any atom is 0.257 e. The van der Waals surface area contributed by atoms with Crippen LogP contribution in [0.15, 0.2) is 134 Å². The summed E-state index contributed by atoms with van der Waals surface area (Å²) in [5, 5.41) is 0.578. The maximum atomic E-state index is 14.2. The molecule has 6 nitrogen and oxygen atoms in total. The monoisotopic (exact) mass is 585 g/mol. The molecule has 0 N–H and O–H groups in total. The molecule has 43 heavy (non-hydrogen) atoms. The van der Waals surface area contributed by atoms with Gasteiger partial charge in [-0.25, -0.2) is 4.90 Å². The topological polar surface area (TPSA) is 60.9 Å². The second kappa shape index (κ2) is 11.0. The number of amides is 3. The Balaban J connectivity index is 1.31. The van der Waals surface area contributed by atoms with E-state index in [4.69, 9.17) is 11.6 Å². The minimum Gasteiger partial charge on any atom is -0.351 e. The van der Waals surface area contributed by atoms with Crippen LogP contribution in [-0.4, -0.2) is 40.7 Å². The molecule has 0 radical (unpaired) electrons. The van der Waals surface area contributed by atoms with Gasteiger partial charge in [0.2, 0.25) is 5.91 Å². The van der Waals surface area contributed by atoms with Gasteiger partial charge in [-0.05, 0) is 53.7 Å². The van der Waals surface area contributed by atoms with Crippen molar-refractivity contribution >= 4 is 46.8 Å². The lowest BCUT2D eigenvalue weighted by atomic mass is 9.78. The lowest BCUT2D eigenvalue weighted by molar-refractivity contribution is -0.134. The highest BCUT2D eigenvalue weighted by Crippen LogP contribution is 2.45. The van der Waals surface area contributed by atoms with Gasteiger partial charge in [0.15, 0.2) is 0 Å². The summed E-state index contributed by atoms with van der Waals surface area (Å²) < 4.78 is 0. The summed E-state index contributed by atoms with van der Waals surface area (Å²) >= 11 is 6.15. The zero-order valence-corrected chi connectivity index (χ0v) is 23.9. The predicted molar refractivity (Wildman–Crippen MR) is 168 cm³/mol. The summed E-state index contributed by atoms with van der Waals surface area (Å²) in [6.45, 7) is 0. The third kappa shape index (κ3) is 4.64. The Hall–Kier alpha value is -4.94. The smallest absolute Gasteiger partial charge is 0.257 e. The molecule has 212 valence electrons. The van der Waals surface area contributed by atoms with Gasteiger partial charge in [0.1, 0.15) is 12.1 Å². The molecular weight excluding hydrogens is 558 g/mol. The van der Waals surface area contributed by atoms with E-state index in [0.717, 1.165) is 11.1 Å². The van der Waals surface area contributed by atoms with Crippen molar-refractivity contribution in [3.8, 4) is 0 Å². The Bertz CT molecular complexity index is 1720. The van der Waals surface area contributed by atoms with E-state index in [2.05, 4.69) is 0 Å². The van der Waals surface area contributed by atoms with Gasteiger partial charge in [-0.1, -0.05) is 109 Å². The van der Waals surface area contributed by atoms with Gasteiger partial charge in [-0.2, -0.15) is 0 Å². The van der Waals surface area contributed by atoms with E-state index in [9.17, 15) is 14.4 Å². The largest absolute Gasteiger partial charge is 0.351 e. The molecule has 4 aromatic rings. The first-order valence-corrected chi connectivity index (χ1v) is 14.7. The van der Waals surface area contributed by atoms with Crippen molar-refractivity contribution in [3.63, 3.8) is 0 Å². The Morgan fingerprint density at radius 1 is 0.628 bits per heavy atom. The standard InChI is InChI=1S/C36H28ClN3O3/c37-26-17-19-28(20-18-26)39-30(21-16-24-10-4-1-5-11-24)32(35(39)42)38-23-22-29(25-12-6-2-7-13-25)31-33(38)36(43)40(34(31)41)27-14-8-3-9-15-27/h1-23,29-33H/b21-16+/t29-,30+,31+,32-,33-/m0/s1. The van der Waals surface area contributed by atoms with Crippen molar-refractivity contribution in [2.24, 2.45) is 5.92 Å². The molecule has 0 aromatic heterocycles. The third-order valence-corrected chi connectivity index (χ3v) is 8.77. The van der Waals surface area contributed by atoms with Crippen molar-refractivity contribution in [1.29, 1.82) is 0 Å². The van der Waals surface area contributed by atoms with E-state index >= 15 is 0 Å². The predicted octanol–water partition coefficient (Wildman–Crippen LogP) is 6.31. The molecule has 2 saturated heterocycles. The Morgan fingerprint density at radius 3 is 1.93 bits per heavy atom. The van der Waals surface area contributed by atoms with Gasteiger partial charge in [0, 0.05) is 16.6 Å². The van der Waals surface area contributed by atoms with Crippen LogP contribution in [-0.2, 0) is 14.4 Å². The lowest BCUT2D eigenvalue weighted by Crippen LogP contribution is -2.72. The highest BCUT2D eigenvalue weighted by Gasteiger charge is 2.60. The van der Waals surface area contributed by atoms with E-state index in [0.29, 0.717) is 16.4 Å². The number of anilines is 2. The van der Waals surface area contributed by atoms with Crippen molar-refractivity contribution in [2.45, 2.75) is 24.0 Å². The van der Waals surface area contributed by atoms with Crippen LogP contribution in [0.3, 0.4) is 0 Å². The molecule has 5 atom stereocenters. The fourth-order valence-corrected chi connectivity index (χ4v) is 6.63. The normalized spacial score (nSPS) is 24.9. The van der Waals surface area contributed by atoms with Crippen molar-refractivity contribution < 1.29 is 14.4 Å². The van der Waals surface area contributed by atoms with Gasteiger partial charge in [0.25, 0.3) is 11.8 Å². The molecule has 4 aromatic carbocycles. The number of benzene rings is 4. The number of fused-ring (bicyclic) bond motifs is 1. The van der Waals surface area contributed by atoms with E-state index in [1.165, 1.54) is 4.90 Å². The third-order valence-electron chi connectivity index (χ3n) is 8.52. The SMILES string of the molecule is O=C1[C@H]2[C@@H](C(=O)N1c1ccccc1)N([C@@H]1C(=O)N(c3ccc(Cl)cc3)[C@@H]1/C=C/c1ccccc1)C=C[C@H]2c1ccccc1. The van der Waals surface area contributed by atoms with Crippen LogP contribution in [0.1, 0.15) is 17.0 Å².